The molecule has 0 atom stereocenters. The molecule has 0 bridgehead atoms. The van der Waals surface area contributed by atoms with Gasteiger partial charge in [0, 0.05) is 33.8 Å². The van der Waals surface area contributed by atoms with E-state index >= 15 is 0 Å². The summed E-state index contributed by atoms with van der Waals surface area (Å²) in [5.74, 6) is -0.334. The Morgan fingerprint density at radius 1 is 1.03 bits per heavy atom. The minimum atomic E-state index is -0.428. The second kappa shape index (κ2) is 8.73. The van der Waals surface area contributed by atoms with Gasteiger partial charge in [-0.25, -0.2) is 9.82 Å². The van der Waals surface area contributed by atoms with Gasteiger partial charge < -0.3 is 9.73 Å². The zero-order chi connectivity index (χ0) is 22.0. The Labute approximate surface area is 183 Å². The summed E-state index contributed by atoms with van der Waals surface area (Å²) in [7, 11) is 0. The number of nitrogens with zero attached hydrogens (tertiary/aromatic N) is 1. The number of furan rings is 1. The largest absolute Gasteiger partial charge is 0.455 e. The van der Waals surface area contributed by atoms with E-state index in [9.17, 15) is 14.0 Å². The number of carbonyl (C=O) groups excluding carboxylic acids is 2. The van der Waals surface area contributed by atoms with Crippen molar-refractivity contribution in [3.8, 4) is 0 Å². The molecule has 8 heteroatoms. The van der Waals surface area contributed by atoms with E-state index in [0.29, 0.717) is 46.2 Å². The molecule has 0 saturated carbocycles. The highest BCUT2D eigenvalue weighted by atomic mass is 35.5. The van der Waals surface area contributed by atoms with Crippen molar-refractivity contribution in [3.63, 3.8) is 0 Å². The molecule has 1 aromatic heterocycles. The number of anilines is 1. The average Bonchev–Trinajstić information content (AvgIpc) is 3.11. The van der Waals surface area contributed by atoms with E-state index in [1.807, 2.05) is 0 Å². The van der Waals surface area contributed by atoms with Crippen molar-refractivity contribution in [2.45, 2.75) is 26.2 Å². The number of aryl methyl sites for hydroxylation is 1. The van der Waals surface area contributed by atoms with Crippen LogP contribution in [0.1, 0.15) is 50.6 Å². The molecule has 0 aliphatic heterocycles. The zero-order valence-corrected chi connectivity index (χ0v) is 17.4. The number of hydrogen-bond donors (Lipinski definition) is 2. The van der Waals surface area contributed by atoms with Gasteiger partial charge in [-0.3, -0.25) is 9.59 Å². The first-order valence-corrected chi connectivity index (χ1v) is 10.1. The molecule has 0 spiro atoms. The number of hydrazone groups is 1. The molecule has 0 radical (unpaired) electrons. The van der Waals surface area contributed by atoms with Gasteiger partial charge in [0.1, 0.15) is 11.6 Å². The SMILES string of the molecule is Cc1c(C(=O)Nc2ccc(F)cc2)oc2c1/C(=N/NC(=O)c1ccc(Cl)cc1)CCC2. The van der Waals surface area contributed by atoms with E-state index in [-0.39, 0.29) is 17.5 Å². The highest BCUT2D eigenvalue weighted by Crippen LogP contribution is 2.30. The summed E-state index contributed by atoms with van der Waals surface area (Å²) in [6, 6.07) is 12.0. The van der Waals surface area contributed by atoms with Gasteiger partial charge in [-0.05, 0) is 68.3 Å². The molecular weight excluding hydrogens is 421 g/mol. The van der Waals surface area contributed by atoms with Crippen molar-refractivity contribution < 1.29 is 18.4 Å². The summed E-state index contributed by atoms with van der Waals surface area (Å²) in [5.41, 5.74) is 5.52. The molecular formula is C23H19ClFN3O3. The topological polar surface area (TPSA) is 83.7 Å². The number of halogens is 2. The lowest BCUT2D eigenvalue weighted by atomic mass is 9.93. The molecule has 31 heavy (non-hydrogen) atoms. The smallest absolute Gasteiger partial charge is 0.291 e. The van der Waals surface area contributed by atoms with Gasteiger partial charge in [-0.15, -0.1) is 0 Å². The third-order valence-corrected chi connectivity index (χ3v) is 5.28. The molecule has 2 N–H and O–H groups in total. The van der Waals surface area contributed by atoms with Gasteiger partial charge in [0.05, 0.1) is 5.71 Å². The van der Waals surface area contributed by atoms with Crippen molar-refractivity contribution in [2.75, 3.05) is 5.32 Å². The minimum absolute atomic E-state index is 0.174. The minimum Gasteiger partial charge on any atom is -0.455 e. The van der Waals surface area contributed by atoms with Crippen LogP contribution in [0.2, 0.25) is 5.02 Å². The van der Waals surface area contributed by atoms with E-state index in [0.717, 1.165) is 12.0 Å². The van der Waals surface area contributed by atoms with Gasteiger partial charge in [-0.2, -0.15) is 5.10 Å². The van der Waals surface area contributed by atoms with Crippen LogP contribution in [0.5, 0.6) is 0 Å². The van der Waals surface area contributed by atoms with Gasteiger partial charge in [0.15, 0.2) is 5.76 Å². The summed E-state index contributed by atoms with van der Waals surface area (Å²) in [6.07, 6.45) is 2.10. The fourth-order valence-electron chi connectivity index (χ4n) is 3.50. The number of hydrogen-bond acceptors (Lipinski definition) is 4. The summed E-state index contributed by atoms with van der Waals surface area (Å²) in [4.78, 5) is 25.1. The van der Waals surface area contributed by atoms with Gasteiger partial charge in [0.2, 0.25) is 0 Å². The lowest BCUT2D eigenvalue weighted by Crippen LogP contribution is -2.22. The lowest BCUT2D eigenvalue weighted by molar-refractivity contribution is 0.0953. The fourth-order valence-corrected chi connectivity index (χ4v) is 3.63. The Hall–Kier alpha value is -3.45. The maximum Gasteiger partial charge on any atom is 0.291 e. The molecule has 6 nitrogen and oxygen atoms in total. The van der Waals surface area contributed by atoms with E-state index in [1.54, 1.807) is 31.2 Å². The molecule has 2 amide bonds. The highest BCUT2D eigenvalue weighted by Gasteiger charge is 2.28. The maximum absolute atomic E-state index is 13.1. The summed E-state index contributed by atoms with van der Waals surface area (Å²) < 4.78 is 18.9. The Kier molecular flexibility index (Phi) is 5.86. The van der Waals surface area contributed by atoms with Crippen LogP contribution in [-0.4, -0.2) is 17.5 Å². The average molecular weight is 440 g/mol. The molecule has 1 aliphatic carbocycles. The molecule has 3 aromatic rings. The summed E-state index contributed by atoms with van der Waals surface area (Å²) in [6.45, 7) is 1.78. The molecule has 2 aromatic carbocycles. The normalized spacial score (nSPS) is 14.2. The van der Waals surface area contributed by atoms with E-state index in [2.05, 4.69) is 15.8 Å². The van der Waals surface area contributed by atoms with Crippen LogP contribution in [0.25, 0.3) is 0 Å². The van der Waals surface area contributed by atoms with Crippen LogP contribution in [0.3, 0.4) is 0 Å². The Morgan fingerprint density at radius 2 is 1.74 bits per heavy atom. The van der Waals surface area contributed by atoms with Crippen molar-refractivity contribution in [2.24, 2.45) is 5.10 Å². The number of nitrogens with one attached hydrogen (secondary N) is 2. The molecule has 158 valence electrons. The Bertz CT molecular complexity index is 1170. The van der Waals surface area contributed by atoms with Crippen LogP contribution in [0.4, 0.5) is 10.1 Å². The van der Waals surface area contributed by atoms with Crippen LogP contribution < -0.4 is 10.7 Å². The third-order valence-electron chi connectivity index (χ3n) is 5.03. The van der Waals surface area contributed by atoms with Crippen molar-refractivity contribution >= 4 is 34.8 Å². The lowest BCUT2D eigenvalue weighted by Gasteiger charge is -2.13. The first-order chi connectivity index (χ1) is 14.9. The number of carbonyl (C=O) groups is 2. The van der Waals surface area contributed by atoms with Crippen LogP contribution in [0, 0.1) is 12.7 Å². The Balaban J connectivity index is 1.55. The predicted molar refractivity (Wildman–Crippen MR) is 116 cm³/mol. The van der Waals surface area contributed by atoms with Crippen LogP contribution in [-0.2, 0) is 6.42 Å². The fraction of sp³-hybridized carbons (Fsp3) is 0.174. The maximum atomic E-state index is 13.1. The van der Waals surface area contributed by atoms with Crippen LogP contribution >= 0.6 is 11.6 Å². The van der Waals surface area contributed by atoms with E-state index in [1.165, 1.54) is 24.3 Å². The Morgan fingerprint density at radius 3 is 2.45 bits per heavy atom. The molecule has 0 unspecified atom stereocenters. The number of amides is 2. The van der Waals surface area contributed by atoms with Gasteiger partial charge in [0.25, 0.3) is 11.8 Å². The second-order valence-electron chi connectivity index (χ2n) is 7.18. The van der Waals surface area contributed by atoms with Gasteiger partial charge in [-0.1, -0.05) is 11.6 Å². The molecule has 4 rings (SSSR count). The summed E-state index contributed by atoms with van der Waals surface area (Å²) >= 11 is 5.86. The van der Waals surface area contributed by atoms with E-state index < -0.39 is 5.91 Å². The summed E-state index contributed by atoms with van der Waals surface area (Å²) in [5, 5.41) is 7.55. The number of benzene rings is 2. The van der Waals surface area contributed by atoms with Gasteiger partial charge >= 0.3 is 0 Å². The molecule has 1 aliphatic rings. The van der Waals surface area contributed by atoms with Crippen molar-refractivity contribution in [1.82, 2.24) is 5.43 Å². The van der Waals surface area contributed by atoms with Crippen molar-refractivity contribution in [1.29, 1.82) is 0 Å². The first kappa shape index (κ1) is 20.8. The van der Waals surface area contributed by atoms with Crippen LogP contribution in [0.15, 0.2) is 58.0 Å². The number of fused-ring (bicyclic) bond motifs is 1. The predicted octanol–water partition coefficient (Wildman–Crippen LogP) is 5.10. The second-order valence-corrected chi connectivity index (χ2v) is 7.61. The standard InChI is InChI=1S/C23H19ClFN3O3/c1-13-20-18(27-28-22(29)14-5-7-15(24)8-6-14)3-2-4-19(20)31-21(13)23(30)26-17-11-9-16(25)10-12-17/h5-12H,2-4H2,1H3,(H,26,30)(H,28,29)/b27-18+. The highest BCUT2D eigenvalue weighted by molar-refractivity contribution is 6.30. The quantitative estimate of drug-likeness (QED) is 0.554. The molecule has 0 saturated heterocycles. The molecule has 1 heterocycles. The molecule has 0 fully saturated rings. The third kappa shape index (κ3) is 4.51. The zero-order valence-electron chi connectivity index (χ0n) is 16.7. The number of rotatable bonds is 4. The first-order valence-electron chi connectivity index (χ1n) is 9.74. The van der Waals surface area contributed by atoms with Crippen molar-refractivity contribution in [3.05, 3.63) is 87.6 Å². The monoisotopic (exact) mass is 439 g/mol. The van der Waals surface area contributed by atoms with E-state index in [4.69, 9.17) is 16.0 Å².